The summed E-state index contributed by atoms with van der Waals surface area (Å²) in [5.74, 6) is 1.75. The molecular formula is C22H36N4O2. The molecule has 0 bridgehead atoms. The van der Waals surface area contributed by atoms with Gasteiger partial charge in [0.05, 0.1) is 19.3 Å². The number of benzene rings is 1. The lowest BCUT2D eigenvalue weighted by Gasteiger charge is -2.36. The second-order valence-electron chi connectivity index (χ2n) is 7.77. The fourth-order valence-corrected chi connectivity index (χ4v) is 4.11. The van der Waals surface area contributed by atoms with Gasteiger partial charge in [-0.15, -0.1) is 0 Å². The Morgan fingerprint density at radius 2 is 1.82 bits per heavy atom. The van der Waals surface area contributed by atoms with Crippen molar-refractivity contribution in [2.45, 2.75) is 25.3 Å². The first-order valence-electron chi connectivity index (χ1n) is 10.6. The molecule has 1 aromatic carbocycles. The first kappa shape index (κ1) is 21.1. The minimum atomic E-state index is 0.325. The van der Waals surface area contributed by atoms with Gasteiger partial charge in [-0.2, -0.15) is 0 Å². The summed E-state index contributed by atoms with van der Waals surface area (Å²) in [7, 11) is 4.01. The molecule has 156 valence electrons. The summed E-state index contributed by atoms with van der Waals surface area (Å²) in [6.07, 6.45) is 3.58. The summed E-state index contributed by atoms with van der Waals surface area (Å²) in [6.45, 7) is 7.26. The van der Waals surface area contributed by atoms with Crippen molar-refractivity contribution in [3.8, 4) is 0 Å². The summed E-state index contributed by atoms with van der Waals surface area (Å²) in [5.41, 5.74) is 1.34. The van der Waals surface area contributed by atoms with Crippen molar-refractivity contribution in [3.63, 3.8) is 0 Å². The van der Waals surface area contributed by atoms with Crippen LogP contribution in [0.2, 0.25) is 0 Å². The molecule has 0 aliphatic carbocycles. The van der Waals surface area contributed by atoms with Crippen molar-refractivity contribution >= 4 is 5.96 Å². The van der Waals surface area contributed by atoms with Crippen LogP contribution in [0.4, 0.5) is 0 Å². The van der Waals surface area contributed by atoms with Crippen LogP contribution in [-0.2, 0) is 9.47 Å². The average Bonchev–Trinajstić information content (AvgIpc) is 2.77. The highest BCUT2D eigenvalue weighted by Crippen LogP contribution is 2.21. The molecule has 2 heterocycles. The molecule has 1 N–H and O–H groups in total. The summed E-state index contributed by atoms with van der Waals surface area (Å²) in [6, 6.07) is 11.1. The molecule has 1 atom stereocenters. The Bertz CT molecular complexity index is 583. The van der Waals surface area contributed by atoms with Crippen molar-refractivity contribution in [2.24, 2.45) is 10.9 Å². The average molecular weight is 389 g/mol. The van der Waals surface area contributed by atoms with Crippen LogP contribution in [0.1, 0.15) is 30.9 Å². The predicted octanol–water partition coefficient (Wildman–Crippen LogP) is 2.38. The largest absolute Gasteiger partial charge is 0.381 e. The van der Waals surface area contributed by atoms with E-state index in [0.717, 1.165) is 64.5 Å². The minimum absolute atomic E-state index is 0.325. The third-order valence-corrected chi connectivity index (χ3v) is 5.91. The number of aliphatic imine (C=N–C) groups is 1. The number of nitrogens with one attached hydrogen (secondary N) is 1. The zero-order valence-corrected chi connectivity index (χ0v) is 17.5. The first-order chi connectivity index (χ1) is 13.8. The van der Waals surface area contributed by atoms with E-state index in [2.05, 4.69) is 57.5 Å². The van der Waals surface area contributed by atoms with Gasteiger partial charge >= 0.3 is 0 Å². The second kappa shape index (κ2) is 11.4. The number of hydrogen-bond donors (Lipinski definition) is 1. The Morgan fingerprint density at radius 3 is 2.50 bits per heavy atom. The molecular weight excluding hydrogens is 352 g/mol. The molecule has 3 rings (SSSR count). The topological polar surface area (TPSA) is 49.3 Å². The van der Waals surface area contributed by atoms with E-state index in [4.69, 9.17) is 9.47 Å². The van der Waals surface area contributed by atoms with Gasteiger partial charge in [0.15, 0.2) is 5.96 Å². The van der Waals surface area contributed by atoms with Gasteiger partial charge in [0.2, 0.25) is 0 Å². The maximum atomic E-state index is 5.56. The summed E-state index contributed by atoms with van der Waals surface area (Å²) in [4.78, 5) is 9.30. The maximum absolute atomic E-state index is 5.56. The minimum Gasteiger partial charge on any atom is -0.381 e. The third-order valence-electron chi connectivity index (χ3n) is 5.91. The molecule has 1 unspecified atom stereocenters. The molecule has 2 aliphatic rings. The van der Waals surface area contributed by atoms with Crippen molar-refractivity contribution in [3.05, 3.63) is 35.9 Å². The van der Waals surface area contributed by atoms with Crippen molar-refractivity contribution < 1.29 is 9.47 Å². The predicted molar refractivity (Wildman–Crippen MR) is 114 cm³/mol. The number of nitrogens with zero attached hydrogens (tertiary/aromatic N) is 3. The fourth-order valence-electron chi connectivity index (χ4n) is 4.11. The van der Waals surface area contributed by atoms with Gasteiger partial charge in [-0.3, -0.25) is 9.89 Å². The van der Waals surface area contributed by atoms with E-state index < -0.39 is 0 Å². The number of ether oxygens (including phenoxy) is 2. The summed E-state index contributed by atoms with van der Waals surface area (Å²) >= 11 is 0. The highest BCUT2D eigenvalue weighted by molar-refractivity contribution is 5.79. The van der Waals surface area contributed by atoms with Gasteiger partial charge in [0.25, 0.3) is 0 Å². The fraction of sp³-hybridized carbons (Fsp3) is 0.682. The van der Waals surface area contributed by atoms with Crippen LogP contribution in [0.3, 0.4) is 0 Å². The van der Waals surface area contributed by atoms with E-state index in [-0.39, 0.29) is 0 Å². The lowest BCUT2D eigenvalue weighted by atomic mass is 9.96. The SMILES string of the molecule is CN=C(NCC(c1ccccc1)N1CCOCC1)N(C)CCC1CCOCC1. The maximum Gasteiger partial charge on any atom is 0.193 e. The zero-order valence-electron chi connectivity index (χ0n) is 17.5. The molecule has 2 fully saturated rings. The lowest BCUT2D eigenvalue weighted by Crippen LogP contribution is -2.47. The molecule has 0 aromatic heterocycles. The smallest absolute Gasteiger partial charge is 0.193 e. The Kier molecular flexibility index (Phi) is 8.58. The zero-order chi connectivity index (χ0) is 19.6. The van der Waals surface area contributed by atoms with Crippen LogP contribution in [0.15, 0.2) is 35.3 Å². The second-order valence-corrected chi connectivity index (χ2v) is 7.77. The van der Waals surface area contributed by atoms with E-state index in [1.807, 2.05) is 7.05 Å². The van der Waals surface area contributed by atoms with Crippen LogP contribution >= 0.6 is 0 Å². The quantitative estimate of drug-likeness (QED) is 0.574. The summed E-state index contributed by atoms with van der Waals surface area (Å²) < 4.78 is 11.0. The molecule has 1 aromatic rings. The Labute approximate surface area is 169 Å². The Morgan fingerprint density at radius 1 is 1.14 bits per heavy atom. The highest BCUT2D eigenvalue weighted by atomic mass is 16.5. The Balaban J connectivity index is 1.55. The molecule has 0 spiro atoms. The normalized spacial score (nSPS) is 20.7. The molecule has 0 saturated carbocycles. The number of hydrogen-bond acceptors (Lipinski definition) is 4. The van der Waals surface area contributed by atoms with Crippen LogP contribution < -0.4 is 5.32 Å². The number of rotatable bonds is 7. The number of guanidine groups is 1. The van der Waals surface area contributed by atoms with E-state index >= 15 is 0 Å². The first-order valence-corrected chi connectivity index (χ1v) is 10.6. The van der Waals surface area contributed by atoms with Gasteiger partial charge < -0.3 is 19.7 Å². The molecule has 6 nitrogen and oxygen atoms in total. The van der Waals surface area contributed by atoms with Crippen LogP contribution in [0.25, 0.3) is 0 Å². The van der Waals surface area contributed by atoms with E-state index in [0.29, 0.717) is 6.04 Å². The number of morpholine rings is 1. The molecule has 0 amide bonds. The Hall–Kier alpha value is -1.63. The van der Waals surface area contributed by atoms with Crippen LogP contribution in [0, 0.1) is 5.92 Å². The van der Waals surface area contributed by atoms with Crippen molar-refractivity contribution in [1.29, 1.82) is 0 Å². The highest BCUT2D eigenvalue weighted by Gasteiger charge is 2.23. The summed E-state index contributed by atoms with van der Waals surface area (Å²) in [5, 5.41) is 3.62. The van der Waals surface area contributed by atoms with Gasteiger partial charge in [-0.05, 0) is 30.7 Å². The van der Waals surface area contributed by atoms with E-state index in [1.165, 1.54) is 24.8 Å². The van der Waals surface area contributed by atoms with Gasteiger partial charge in [0.1, 0.15) is 0 Å². The molecule has 28 heavy (non-hydrogen) atoms. The molecule has 2 saturated heterocycles. The molecule has 0 radical (unpaired) electrons. The van der Waals surface area contributed by atoms with Gasteiger partial charge in [-0.1, -0.05) is 30.3 Å². The van der Waals surface area contributed by atoms with Crippen LogP contribution in [0.5, 0.6) is 0 Å². The molecule has 6 heteroatoms. The monoisotopic (exact) mass is 388 g/mol. The van der Waals surface area contributed by atoms with Gasteiger partial charge in [0, 0.05) is 53.5 Å². The van der Waals surface area contributed by atoms with Crippen molar-refractivity contribution in [2.75, 3.05) is 66.7 Å². The third kappa shape index (κ3) is 6.19. The van der Waals surface area contributed by atoms with Crippen molar-refractivity contribution in [1.82, 2.24) is 15.1 Å². The van der Waals surface area contributed by atoms with Crippen LogP contribution in [-0.4, -0.2) is 82.5 Å². The van der Waals surface area contributed by atoms with Gasteiger partial charge in [-0.25, -0.2) is 0 Å². The molecule has 2 aliphatic heterocycles. The lowest BCUT2D eigenvalue weighted by molar-refractivity contribution is 0.0169. The van der Waals surface area contributed by atoms with E-state index in [1.54, 1.807) is 0 Å². The standard InChI is InChI=1S/C22H36N4O2/c1-23-22(25(2)11-8-19-9-14-27-15-10-19)24-18-21(20-6-4-3-5-7-20)26-12-16-28-17-13-26/h3-7,19,21H,8-18H2,1-2H3,(H,23,24). The van der Waals surface area contributed by atoms with E-state index in [9.17, 15) is 0 Å².